The Hall–Kier alpha value is -3.45. The molecule has 1 N–H and O–H groups in total. The Morgan fingerprint density at radius 3 is 2.86 bits per heavy atom. The number of aromatic nitrogens is 4. The highest BCUT2D eigenvalue weighted by Crippen LogP contribution is 2.25. The number of hydrogen-bond donors (Lipinski definition) is 1. The first-order valence-electron chi connectivity index (χ1n) is 9.04. The van der Waals surface area contributed by atoms with E-state index in [0.717, 1.165) is 16.6 Å². The molecular weight excluding hydrogens is 390 g/mol. The zero-order chi connectivity index (χ0) is 20.2. The highest BCUT2D eigenvalue weighted by molar-refractivity contribution is 6.31. The molecule has 146 valence electrons. The van der Waals surface area contributed by atoms with Crippen molar-refractivity contribution in [2.45, 2.75) is 6.42 Å². The van der Waals surface area contributed by atoms with Crippen LogP contribution in [0.5, 0.6) is 5.88 Å². The number of halogens is 1. The van der Waals surface area contributed by atoms with Crippen LogP contribution in [0.3, 0.4) is 0 Å². The van der Waals surface area contributed by atoms with E-state index in [1.165, 1.54) is 6.33 Å². The minimum Gasteiger partial charge on any atom is -0.477 e. The molecule has 0 radical (unpaired) electrons. The SMILES string of the molecule is CNc1nc(=O)n(-c2cccc(CCOc3ccncn3)c2)c2cc(Cl)ccc12. The summed E-state index contributed by atoms with van der Waals surface area (Å²) >= 11 is 6.20. The first-order chi connectivity index (χ1) is 14.2. The largest absolute Gasteiger partial charge is 0.477 e. The molecule has 2 aromatic carbocycles. The highest BCUT2D eigenvalue weighted by Gasteiger charge is 2.12. The van der Waals surface area contributed by atoms with E-state index in [0.29, 0.717) is 35.3 Å². The molecule has 0 unspecified atom stereocenters. The van der Waals surface area contributed by atoms with Gasteiger partial charge < -0.3 is 10.1 Å². The number of rotatable bonds is 6. The van der Waals surface area contributed by atoms with Crippen LogP contribution in [0.4, 0.5) is 5.82 Å². The van der Waals surface area contributed by atoms with E-state index >= 15 is 0 Å². The summed E-state index contributed by atoms with van der Waals surface area (Å²) in [7, 11) is 1.73. The van der Waals surface area contributed by atoms with E-state index in [9.17, 15) is 4.79 Å². The molecule has 2 heterocycles. The van der Waals surface area contributed by atoms with Gasteiger partial charge in [0, 0.05) is 36.1 Å². The summed E-state index contributed by atoms with van der Waals surface area (Å²) in [6.07, 6.45) is 3.74. The molecule has 8 heteroatoms. The van der Waals surface area contributed by atoms with Crippen LogP contribution in [-0.2, 0) is 6.42 Å². The quantitative estimate of drug-likeness (QED) is 0.527. The van der Waals surface area contributed by atoms with Gasteiger partial charge in [0.25, 0.3) is 0 Å². The third kappa shape index (κ3) is 4.05. The standard InChI is InChI=1S/C21H18ClN5O2/c1-23-20-17-6-5-15(22)12-18(17)27(21(28)26-20)16-4-2-3-14(11-16)8-10-29-19-7-9-24-13-25-19/h2-7,9,11-13H,8,10H2,1H3,(H,23,26,28). The van der Waals surface area contributed by atoms with E-state index in [1.54, 1.807) is 36.0 Å². The first-order valence-corrected chi connectivity index (χ1v) is 9.42. The first kappa shape index (κ1) is 18.9. The third-order valence-electron chi connectivity index (χ3n) is 4.46. The third-order valence-corrected chi connectivity index (χ3v) is 4.69. The summed E-state index contributed by atoms with van der Waals surface area (Å²) in [4.78, 5) is 24.8. The molecule has 0 fully saturated rings. The molecule has 0 aliphatic carbocycles. The lowest BCUT2D eigenvalue weighted by Gasteiger charge is -2.14. The molecule has 29 heavy (non-hydrogen) atoms. The fraction of sp³-hybridized carbons (Fsp3) is 0.143. The van der Waals surface area contributed by atoms with Crippen molar-refractivity contribution in [3.63, 3.8) is 0 Å². The van der Waals surface area contributed by atoms with Crippen LogP contribution < -0.4 is 15.7 Å². The molecule has 0 saturated heterocycles. The second kappa shape index (κ2) is 8.28. The van der Waals surface area contributed by atoms with E-state index in [2.05, 4.69) is 20.3 Å². The van der Waals surface area contributed by atoms with Crippen LogP contribution in [0.25, 0.3) is 16.6 Å². The number of hydrogen-bond acceptors (Lipinski definition) is 6. The van der Waals surface area contributed by atoms with Crippen LogP contribution >= 0.6 is 11.6 Å². The molecule has 0 aliphatic rings. The fourth-order valence-corrected chi connectivity index (χ4v) is 3.29. The minimum atomic E-state index is -0.376. The van der Waals surface area contributed by atoms with Gasteiger partial charge in [-0.25, -0.2) is 14.8 Å². The predicted octanol–water partition coefficient (Wildman–Crippen LogP) is 3.49. The number of nitrogens with zero attached hydrogens (tertiary/aromatic N) is 4. The van der Waals surface area contributed by atoms with Crippen molar-refractivity contribution in [3.05, 3.63) is 82.1 Å². The van der Waals surface area contributed by atoms with Crippen molar-refractivity contribution in [2.75, 3.05) is 19.0 Å². The van der Waals surface area contributed by atoms with Gasteiger partial charge in [0.2, 0.25) is 5.88 Å². The van der Waals surface area contributed by atoms with Crippen molar-refractivity contribution in [3.8, 4) is 11.6 Å². The minimum absolute atomic E-state index is 0.376. The molecule has 2 aromatic heterocycles. The molecule has 0 spiro atoms. The lowest BCUT2D eigenvalue weighted by molar-refractivity contribution is 0.309. The molecule has 4 rings (SSSR count). The molecule has 0 saturated carbocycles. The molecule has 7 nitrogen and oxygen atoms in total. The lowest BCUT2D eigenvalue weighted by atomic mass is 10.1. The van der Waals surface area contributed by atoms with E-state index in [1.807, 2.05) is 30.3 Å². The van der Waals surface area contributed by atoms with E-state index in [-0.39, 0.29) is 5.69 Å². The molecule has 4 aromatic rings. The number of ether oxygens (including phenoxy) is 1. The van der Waals surface area contributed by atoms with Crippen LogP contribution in [0.1, 0.15) is 5.56 Å². The second-order valence-corrected chi connectivity index (χ2v) is 6.74. The predicted molar refractivity (Wildman–Crippen MR) is 113 cm³/mol. The number of anilines is 1. The summed E-state index contributed by atoms with van der Waals surface area (Å²) < 4.78 is 7.20. The van der Waals surface area contributed by atoms with Crippen LogP contribution in [0, 0.1) is 0 Å². The number of nitrogens with one attached hydrogen (secondary N) is 1. The Balaban J connectivity index is 1.68. The molecule has 0 bridgehead atoms. The second-order valence-electron chi connectivity index (χ2n) is 6.31. The van der Waals surface area contributed by atoms with Crippen molar-refractivity contribution in [1.82, 2.24) is 19.5 Å². The van der Waals surface area contributed by atoms with Crippen molar-refractivity contribution in [2.24, 2.45) is 0 Å². The number of fused-ring (bicyclic) bond motifs is 1. The van der Waals surface area contributed by atoms with Crippen molar-refractivity contribution >= 4 is 28.3 Å². The Morgan fingerprint density at radius 2 is 2.07 bits per heavy atom. The zero-order valence-electron chi connectivity index (χ0n) is 15.7. The van der Waals surface area contributed by atoms with Gasteiger partial charge in [-0.3, -0.25) is 4.57 Å². The highest BCUT2D eigenvalue weighted by atomic mass is 35.5. The van der Waals surface area contributed by atoms with Gasteiger partial charge in [-0.15, -0.1) is 0 Å². The summed E-state index contributed by atoms with van der Waals surface area (Å²) in [6, 6.07) is 14.8. The van der Waals surface area contributed by atoms with Gasteiger partial charge in [0.05, 0.1) is 17.8 Å². The van der Waals surface area contributed by atoms with Crippen molar-refractivity contribution in [1.29, 1.82) is 0 Å². The van der Waals surface area contributed by atoms with Crippen LogP contribution in [0.15, 0.2) is 65.8 Å². The summed E-state index contributed by atoms with van der Waals surface area (Å²) in [6.45, 7) is 0.457. The maximum atomic E-state index is 12.8. The van der Waals surface area contributed by atoms with Gasteiger partial charge in [-0.2, -0.15) is 4.98 Å². The van der Waals surface area contributed by atoms with Gasteiger partial charge in [0.15, 0.2) is 0 Å². The Morgan fingerprint density at radius 1 is 1.17 bits per heavy atom. The lowest BCUT2D eigenvalue weighted by Crippen LogP contribution is -2.23. The average molecular weight is 408 g/mol. The zero-order valence-corrected chi connectivity index (χ0v) is 16.4. The summed E-state index contributed by atoms with van der Waals surface area (Å²) in [5.74, 6) is 1.05. The molecule has 0 atom stereocenters. The fourth-order valence-electron chi connectivity index (χ4n) is 3.13. The molecule has 0 amide bonds. The van der Waals surface area contributed by atoms with Gasteiger partial charge >= 0.3 is 5.69 Å². The van der Waals surface area contributed by atoms with Gasteiger partial charge in [-0.1, -0.05) is 23.7 Å². The van der Waals surface area contributed by atoms with Crippen LogP contribution in [0.2, 0.25) is 5.02 Å². The monoisotopic (exact) mass is 407 g/mol. The Bertz CT molecular complexity index is 1210. The summed E-state index contributed by atoms with van der Waals surface area (Å²) in [5, 5.41) is 4.33. The molecule has 0 aliphatic heterocycles. The Kier molecular flexibility index (Phi) is 5.39. The summed E-state index contributed by atoms with van der Waals surface area (Å²) in [5.41, 5.74) is 2.06. The average Bonchev–Trinajstić information content (AvgIpc) is 2.74. The van der Waals surface area contributed by atoms with E-state index in [4.69, 9.17) is 16.3 Å². The van der Waals surface area contributed by atoms with E-state index < -0.39 is 0 Å². The van der Waals surface area contributed by atoms with Gasteiger partial charge in [-0.05, 0) is 35.9 Å². The number of benzene rings is 2. The smallest absolute Gasteiger partial charge is 0.354 e. The topological polar surface area (TPSA) is 81.9 Å². The maximum Gasteiger partial charge on any atom is 0.354 e. The normalized spacial score (nSPS) is 10.8. The maximum absolute atomic E-state index is 12.8. The molecular formula is C21H18ClN5O2. The van der Waals surface area contributed by atoms with Gasteiger partial charge in [0.1, 0.15) is 12.1 Å². The van der Waals surface area contributed by atoms with Crippen LogP contribution in [-0.4, -0.2) is 33.2 Å². The Labute approximate surface area is 172 Å². The van der Waals surface area contributed by atoms with Crippen molar-refractivity contribution < 1.29 is 4.74 Å².